The maximum atomic E-state index is 12.2. The molecule has 138 valence electrons. The van der Waals surface area contributed by atoms with Gasteiger partial charge in [-0.2, -0.15) is 13.2 Å². The molecule has 1 aliphatic heterocycles. The Morgan fingerprint density at radius 1 is 1.32 bits per heavy atom. The summed E-state index contributed by atoms with van der Waals surface area (Å²) >= 11 is 0. The van der Waals surface area contributed by atoms with Gasteiger partial charge in [-0.05, 0) is 56.5 Å². The van der Waals surface area contributed by atoms with Gasteiger partial charge < -0.3 is 16.0 Å². The highest BCUT2D eigenvalue weighted by molar-refractivity contribution is 5.97. The summed E-state index contributed by atoms with van der Waals surface area (Å²) in [4.78, 5) is 23.9. The number of nitrogens with one attached hydrogen (secondary N) is 3. The van der Waals surface area contributed by atoms with Gasteiger partial charge in [0.1, 0.15) is 6.54 Å². The molecule has 1 heterocycles. The number of benzene rings is 1. The lowest BCUT2D eigenvalue weighted by atomic mass is 10.0. The number of carbonyl (C=O) groups is 2. The van der Waals surface area contributed by atoms with Gasteiger partial charge in [0.05, 0.1) is 0 Å². The highest BCUT2D eigenvalue weighted by Crippen LogP contribution is 2.20. The van der Waals surface area contributed by atoms with E-state index >= 15 is 0 Å². The van der Waals surface area contributed by atoms with Crippen LogP contribution in [-0.2, 0) is 4.79 Å². The average Bonchev–Trinajstić information content (AvgIpc) is 3.05. The molecule has 0 saturated carbocycles. The summed E-state index contributed by atoms with van der Waals surface area (Å²) in [5, 5.41) is 7.80. The second kappa shape index (κ2) is 8.33. The van der Waals surface area contributed by atoms with Crippen LogP contribution in [0.25, 0.3) is 0 Å². The van der Waals surface area contributed by atoms with E-state index < -0.39 is 18.6 Å². The summed E-state index contributed by atoms with van der Waals surface area (Å²) in [6, 6.07) is 4.43. The summed E-state index contributed by atoms with van der Waals surface area (Å²) < 4.78 is 36.6. The van der Waals surface area contributed by atoms with Crippen molar-refractivity contribution in [1.29, 1.82) is 0 Å². The Morgan fingerprint density at radius 2 is 2.08 bits per heavy atom. The minimum absolute atomic E-state index is 0.0742. The van der Waals surface area contributed by atoms with Gasteiger partial charge in [-0.15, -0.1) is 0 Å². The first-order valence-electron chi connectivity index (χ1n) is 8.21. The van der Waals surface area contributed by atoms with Crippen molar-refractivity contribution in [2.24, 2.45) is 5.92 Å². The van der Waals surface area contributed by atoms with Crippen molar-refractivity contribution in [3.63, 3.8) is 0 Å². The molecule has 1 saturated heterocycles. The molecule has 8 heteroatoms. The zero-order valence-corrected chi connectivity index (χ0v) is 14.0. The molecule has 3 N–H and O–H groups in total. The van der Waals surface area contributed by atoms with E-state index in [-0.39, 0.29) is 11.5 Å². The first-order chi connectivity index (χ1) is 11.7. The third-order valence-electron chi connectivity index (χ3n) is 4.17. The van der Waals surface area contributed by atoms with Crippen molar-refractivity contribution in [1.82, 2.24) is 10.6 Å². The van der Waals surface area contributed by atoms with Gasteiger partial charge in [0.15, 0.2) is 0 Å². The Labute approximate surface area is 144 Å². The van der Waals surface area contributed by atoms with Crippen LogP contribution in [0, 0.1) is 12.8 Å². The van der Waals surface area contributed by atoms with Gasteiger partial charge in [-0.1, -0.05) is 6.07 Å². The number of hydrogen-bond acceptors (Lipinski definition) is 3. The van der Waals surface area contributed by atoms with Crippen molar-refractivity contribution in [3.8, 4) is 0 Å². The van der Waals surface area contributed by atoms with Gasteiger partial charge >= 0.3 is 6.18 Å². The van der Waals surface area contributed by atoms with Crippen molar-refractivity contribution in [2.75, 3.05) is 25.0 Å². The minimum Gasteiger partial charge on any atom is -0.343 e. The number of alkyl halides is 3. The van der Waals surface area contributed by atoms with Crippen molar-refractivity contribution >= 4 is 17.5 Å². The van der Waals surface area contributed by atoms with E-state index in [0.29, 0.717) is 18.0 Å². The molecule has 2 rings (SSSR count). The van der Waals surface area contributed by atoms with E-state index in [1.165, 1.54) is 12.1 Å². The third kappa shape index (κ3) is 6.38. The number of carbonyl (C=O) groups excluding carboxylic acids is 2. The Balaban J connectivity index is 1.93. The zero-order chi connectivity index (χ0) is 18.4. The van der Waals surface area contributed by atoms with E-state index in [1.54, 1.807) is 13.0 Å². The summed E-state index contributed by atoms with van der Waals surface area (Å²) in [5.41, 5.74) is 1.25. The molecular weight excluding hydrogens is 335 g/mol. The third-order valence-corrected chi connectivity index (χ3v) is 4.17. The predicted molar refractivity (Wildman–Crippen MR) is 88.4 cm³/mol. The maximum Gasteiger partial charge on any atom is 0.405 e. The molecule has 1 atom stereocenters. The number of aryl methyl sites for hydroxylation is 1. The zero-order valence-electron chi connectivity index (χ0n) is 14.0. The first kappa shape index (κ1) is 19.2. The highest BCUT2D eigenvalue weighted by atomic mass is 19.4. The molecule has 1 fully saturated rings. The van der Waals surface area contributed by atoms with Crippen LogP contribution in [0.15, 0.2) is 18.2 Å². The molecule has 1 aromatic rings. The van der Waals surface area contributed by atoms with Crippen LogP contribution in [-0.4, -0.2) is 37.6 Å². The fraction of sp³-hybridized carbons (Fsp3) is 0.529. The first-order valence-corrected chi connectivity index (χ1v) is 8.21. The van der Waals surface area contributed by atoms with Crippen LogP contribution in [0.3, 0.4) is 0 Å². The van der Waals surface area contributed by atoms with Crippen LogP contribution < -0.4 is 16.0 Å². The minimum atomic E-state index is -4.47. The van der Waals surface area contributed by atoms with E-state index in [2.05, 4.69) is 10.6 Å². The molecule has 0 aromatic heterocycles. The second-order valence-electron chi connectivity index (χ2n) is 6.27. The summed E-state index contributed by atoms with van der Waals surface area (Å²) in [5.74, 6) is -0.501. The monoisotopic (exact) mass is 357 g/mol. The molecule has 2 amide bonds. The van der Waals surface area contributed by atoms with Crippen LogP contribution in [0.5, 0.6) is 0 Å². The SMILES string of the molecule is Cc1ccc(C(=O)NCC(F)(F)F)cc1NC(=O)CCC1CCNC1. The fourth-order valence-electron chi connectivity index (χ4n) is 2.69. The van der Waals surface area contributed by atoms with Crippen LogP contribution in [0.4, 0.5) is 18.9 Å². The Bertz CT molecular complexity index is 626. The van der Waals surface area contributed by atoms with Gasteiger partial charge in [0, 0.05) is 17.7 Å². The quantitative estimate of drug-likeness (QED) is 0.733. The van der Waals surface area contributed by atoms with E-state index in [4.69, 9.17) is 0 Å². The normalized spacial score (nSPS) is 17.4. The number of anilines is 1. The molecule has 0 aliphatic carbocycles. The van der Waals surface area contributed by atoms with Crippen LogP contribution in [0.1, 0.15) is 35.2 Å². The molecule has 0 spiro atoms. The largest absolute Gasteiger partial charge is 0.405 e. The van der Waals surface area contributed by atoms with Gasteiger partial charge in [-0.25, -0.2) is 0 Å². The summed E-state index contributed by atoms with van der Waals surface area (Å²) in [6.45, 7) is 2.26. The topological polar surface area (TPSA) is 70.2 Å². The maximum absolute atomic E-state index is 12.2. The molecule has 0 bridgehead atoms. The average molecular weight is 357 g/mol. The van der Waals surface area contributed by atoms with E-state index in [9.17, 15) is 22.8 Å². The molecule has 1 aliphatic rings. The molecule has 25 heavy (non-hydrogen) atoms. The molecule has 1 unspecified atom stereocenters. The van der Waals surface area contributed by atoms with Crippen LogP contribution >= 0.6 is 0 Å². The lowest BCUT2D eigenvalue weighted by molar-refractivity contribution is -0.123. The lowest BCUT2D eigenvalue weighted by Gasteiger charge is -2.13. The number of rotatable bonds is 6. The predicted octanol–water partition coefficient (Wildman–Crippen LogP) is 2.62. The van der Waals surface area contributed by atoms with Crippen molar-refractivity contribution < 1.29 is 22.8 Å². The van der Waals surface area contributed by atoms with Gasteiger partial charge in [0.2, 0.25) is 5.91 Å². The Morgan fingerprint density at radius 3 is 2.72 bits per heavy atom. The van der Waals surface area contributed by atoms with Crippen molar-refractivity contribution in [2.45, 2.75) is 32.4 Å². The summed E-state index contributed by atoms with van der Waals surface area (Å²) in [7, 11) is 0. The van der Waals surface area contributed by atoms with Crippen molar-refractivity contribution in [3.05, 3.63) is 29.3 Å². The molecule has 5 nitrogen and oxygen atoms in total. The Kier molecular flexibility index (Phi) is 6.41. The molecular formula is C17H22F3N3O2. The van der Waals surface area contributed by atoms with Gasteiger partial charge in [0.25, 0.3) is 5.91 Å². The van der Waals surface area contributed by atoms with E-state index in [1.807, 2.05) is 5.32 Å². The highest BCUT2D eigenvalue weighted by Gasteiger charge is 2.28. The lowest BCUT2D eigenvalue weighted by Crippen LogP contribution is -2.33. The number of halogens is 3. The van der Waals surface area contributed by atoms with Gasteiger partial charge in [-0.3, -0.25) is 9.59 Å². The van der Waals surface area contributed by atoms with E-state index in [0.717, 1.165) is 31.5 Å². The number of amides is 2. The second-order valence-corrected chi connectivity index (χ2v) is 6.27. The fourth-order valence-corrected chi connectivity index (χ4v) is 2.69. The smallest absolute Gasteiger partial charge is 0.343 e. The molecule has 0 radical (unpaired) electrons. The van der Waals surface area contributed by atoms with Crippen LogP contribution in [0.2, 0.25) is 0 Å². The Hall–Kier alpha value is -2.09. The standard InChI is InChI=1S/C17H22F3N3O2/c1-11-2-4-13(16(25)22-10-17(18,19)20)8-14(11)23-15(24)5-3-12-6-7-21-9-12/h2,4,8,12,21H,3,5-7,9-10H2,1H3,(H,22,25)(H,23,24). The summed E-state index contributed by atoms with van der Waals surface area (Å²) in [6.07, 6.45) is -2.26. The number of hydrogen-bond donors (Lipinski definition) is 3. The molecule has 1 aromatic carbocycles.